The highest BCUT2D eigenvalue weighted by atomic mass is 79.9. The van der Waals surface area contributed by atoms with Crippen LogP contribution in [-0.4, -0.2) is 17.9 Å². The van der Waals surface area contributed by atoms with Crippen LogP contribution < -0.4 is 4.74 Å². The Morgan fingerprint density at radius 3 is 2.75 bits per heavy atom. The van der Waals surface area contributed by atoms with Crippen LogP contribution >= 0.6 is 15.9 Å². The van der Waals surface area contributed by atoms with E-state index in [1.54, 1.807) is 30.5 Å². The monoisotopic (exact) mass is 337 g/mol. The molecule has 0 bridgehead atoms. The summed E-state index contributed by atoms with van der Waals surface area (Å²) in [6.07, 6.45) is 2.06. The zero-order chi connectivity index (χ0) is 14.5. The third-order valence-corrected chi connectivity index (χ3v) is 3.72. The third kappa shape index (κ3) is 3.63. The molecule has 3 nitrogen and oxygen atoms in total. The molecule has 0 saturated heterocycles. The molecule has 0 fully saturated rings. The number of hydrogen-bond acceptors (Lipinski definition) is 3. The Kier molecular flexibility index (Phi) is 4.84. The first-order chi connectivity index (χ1) is 9.60. The van der Waals surface area contributed by atoms with Crippen LogP contribution in [0, 0.1) is 5.82 Å². The van der Waals surface area contributed by atoms with Gasteiger partial charge in [-0.25, -0.2) is 9.37 Å². The van der Waals surface area contributed by atoms with Crippen molar-refractivity contribution in [1.82, 2.24) is 4.98 Å². The van der Waals surface area contributed by atoms with E-state index in [0.717, 1.165) is 5.56 Å². The van der Waals surface area contributed by atoms with Crippen molar-refractivity contribution in [1.29, 1.82) is 0 Å². The first-order valence-electron chi connectivity index (χ1n) is 6.03. The van der Waals surface area contributed by atoms with Crippen LogP contribution in [0.25, 0.3) is 0 Å². The molecule has 0 spiro atoms. The molecule has 0 aliphatic rings. The van der Waals surface area contributed by atoms with E-state index in [2.05, 4.69) is 20.9 Å². The van der Waals surface area contributed by atoms with E-state index < -0.39 is 0 Å². The summed E-state index contributed by atoms with van der Waals surface area (Å²) in [4.78, 5) is 16.0. The number of benzene rings is 1. The van der Waals surface area contributed by atoms with Crippen molar-refractivity contribution in [3.05, 3.63) is 57.9 Å². The number of ether oxygens (including phenoxy) is 1. The normalized spacial score (nSPS) is 10.3. The van der Waals surface area contributed by atoms with Gasteiger partial charge in [0.25, 0.3) is 0 Å². The SMILES string of the molecule is COc1ccc(CC(=O)Cc2cccc(F)c2Br)cn1. The van der Waals surface area contributed by atoms with E-state index in [1.165, 1.54) is 13.2 Å². The van der Waals surface area contributed by atoms with E-state index in [4.69, 9.17) is 4.74 Å². The molecule has 20 heavy (non-hydrogen) atoms. The second-order valence-electron chi connectivity index (χ2n) is 4.31. The van der Waals surface area contributed by atoms with Gasteiger partial charge in [0.15, 0.2) is 0 Å². The van der Waals surface area contributed by atoms with Gasteiger partial charge in [0.2, 0.25) is 5.88 Å². The molecule has 0 N–H and O–H groups in total. The van der Waals surface area contributed by atoms with Crippen molar-refractivity contribution in [3.8, 4) is 5.88 Å². The van der Waals surface area contributed by atoms with E-state index in [0.29, 0.717) is 15.9 Å². The molecular formula is C15H13BrFNO2. The minimum atomic E-state index is -0.360. The zero-order valence-corrected chi connectivity index (χ0v) is 12.5. The van der Waals surface area contributed by atoms with E-state index in [9.17, 15) is 9.18 Å². The van der Waals surface area contributed by atoms with Crippen LogP contribution in [0.3, 0.4) is 0 Å². The molecular weight excluding hydrogens is 325 g/mol. The molecule has 0 atom stereocenters. The van der Waals surface area contributed by atoms with Gasteiger partial charge >= 0.3 is 0 Å². The molecule has 0 aliphatic carbocycles. The smallest absolute Gasteiger partial charge is 0.212 e. The lowest BCUT2D eigenvalue weighted by Gasteiger charge is -2.05. The standard InChI is InChI=1S/C15H13BrFNO2/c1-20-14-6-5-10(9-18-14)7-12(19)8-11-3-2-4-13(17)15(11)16/h2-6,9H,7-8H2,1H3. The van der Waals surface area contributed by atoms with Crippen molar-refractivity contribution in [2.24, 2.45) is 0 Å². The van der Waals surface area contributed by atoms with Crippen LogP contribution in [-0.2, 0) is 17.6 Å². The highest BCUT2D eigenvalue weighted by Crippen LogP contribution is 2.21. The third-order valence-electron chi connectivity index (χ3n) is 2.83. The Balaban J connectivity index is 2.03. The number of rotatable bonds is 5. The fourth-order valence-corrected chi connectivity index (χ4v) is 2.23. The summed E-state index contributed by atoms with van der Waals surface area (Å²) >= 11 is 3.16. The molecule has 0 unspecified atom stereocenters. The fraction of sp³-hybridized carbons (Fsp3) is 0.200. The van der Waals surface area contributed by atoms with Crippen molar-refractivity contribution in [2.75, 3.05) is 7.11 Å². The fourth-order valence-electron chi connectivity index (χ4n) is 1.82. The van der Waals surface area contributed by atoms with Gasteiger partial charge in [0.1, 0.15) is 11.6 Å². The number of ketones is 1. The van der Waals surface area contributed by atoms with Crippen molar-refractivity contribution in [2.45, 2.75) is 12.8 Å². The number of halogens is 2. The first-order valence-corrected chi connectivity index (χ1v) is 6.83. The van der Waals surface area contributed by atoms with Crippen molar-refractivity contribution >= 4 is 21.7 Å². The van der Waals surface area contributed by atoms with Gasteiger partial charge in [-0.3, -0.25) is 4.79 Å². The van der Waals surface area contributed by atoms with Crippen LogP contribution in [0.4, 0.5) is 4.39 Å². The Morgan fingerprint density at radius 1 is 1.30 bits per heavy atom. The Labute approximate surface area is 124 Å². The number of hydrogen-bond donors (Lipinski definition) is 0. The maximum atomic E-state index is 13.4. The van der Waals surface area contributed by atoms with Gasteiger partial charge in [-0.15, -0.1) is 0 Å². The Hall–Kier alpha value is -1.75. The van der Waals surface area contributed by atoms with Gasteiger partial charge in [-0.2, -0.15) is 0 Å². The lowest BCUT2D eigenvalue weighted by Crippen LogP contribution is -2.07. The summed E-state index contributed by atoms with van der Waals surface area (Å²) in [5, 5.41) is 0. The average molecular weight is 338 g/mol. The maximum absolute atomic E-state index is 13.4. The highest BCUT2D eigenvalue weighted by Gasteiger charge is 2.10. The maximum Gasteiger partial charge on any atom is 0.212 e. The number of nitrogens with zero attached hydrogens (tertiary/aromatic N) is 1. The quantitative estimate of drug-likeness (QED) is 0.839. The summed E-state index contributed by atoms with van der Waals surface area (Å²) in [5.41, 5.74) is 1.46. The van der Waals surface area contributed by atoms with Gasteiger partial charge in [0, 0.05) is 25.1 Å². The number of pyridine rings is 1. The number of carbonyl (C=O) groups is 1. The predicted octanol–water partition coefficient (Wildman–Crippen LogP) is 3.35. The predicted molar refractivity (Wildman–Crippen MR) is 77.3 cm³/mol. The molecule has 0 radical (unpaired) electrons. The second kappa shape index (κ2) is 6.61. The highest BCUT2D eigenvalue weighted by molar-refractivity contribution is 9.10. The van der Waals surface area contributed by atoms with Gasteiger partial charge in [0.05, 0.1) is 11.6 Å². The summed E-state index contributed by atoms with van der Waals surface area (Å²) < 4.78 is 18.7. The van der Waals surface area contributed by atoms with E-state index >= 15 is 0 Å². The zero-order valence-electron chi connectivity index (χ0n) is 10.9. The largest absolute Gasteiger partial charge is 0.481 e. The van der Waals surface area contributed by atoms with Crippen LogP contribution in [0.2, 0.25) is 0 Å². The molecule has 2 aromatic rings. The van der Waals surface area contributed by atoms with Gasteiger partial charge in [-0.1, -0.05) is 18.2 Å². The summed E-state index contributed by atoms with van der Waals surface area (Å²) in [7, 11) is 1.54. The lowest BCUT2D eigenvalue weighted by molar-refractivity contribution is -0.117. The molecule has 1 heterocycles. The van der Waals surface area contributed by atoms with Crippen LogP contribution in [0.5, 0.6) is 5.88 Å². The van der Waals surface area contributed by atoms with Crippen LogP contribution in [0.15, 0.2) is 41.0 Å². The van der Waals surface area contributed by atoms with E-state index in [-0.39, 0.29) is 24.4 Å². The van der Waals surface area contributed by atoms with Crippen LogP contribution in [0.1, 0.15) is 11.1 Å². The van der Waals surface area contributed by atoms with Crippen molar-refractivity contribution < 1.29 is 13.9 Å². The molecule has 0 amide bonds. The molecule has 0 saturated carbocycles. The topological polar surface area (TPSA) is 39.2 Å². The van der Waals surface area contributed by atoms with Gasteiger partial charge < -0.3 is 4.74 Å². The molecule has 1 aromatic carbocycles. The number of methoxy groups -OCH3 is 1. The second-order valence-corrected chi connectivity index (χ2v) is 5.11. The summed E-state index contributed by atoms with van der Waals surface area (Å²) in [5.74, 6) is 0.152. The number of carbonyl (C=O) groups excluding carboxylic acids is 1. The Morgan fingerprint density at radius 2 is 2.10 bits per heavy atom. The minimum absolute atomic E-state index is 0.00302. The summed E-state index contributed by atoms with van der Waals surface area (Å²) in [6, 6.07) is 8.19. The average Bonchev–Trinajstić information content (AvgIpc) is 2.45. The molecule has 0 aliphatic heterocycles. The van der Waals surface area contributed by atoms with E-state index in [1.807, 2.05) is 0 Å². The van der Waals surface area contributed by atoms with Gasteiger partial charge in [-0.05, 0) is 33.1 Å². The number of aromatic nitrogens is 1. The molecule has 1 aromatic heterocycles. The lowest BCUT2D eigenvalue weighted by atomic mass is 10.0. The summed E-state index contributed by atoms with van der Waals surface area (Å²) in [6.45, 7) is 0. The van der Waals surface area contributed by atoms with Crippen molar-refractivity contribution in [3.63, 3.8) is 0 Å². The minimum Gasteiger partial charge on any atom is -0.481 e. The Bertz CT molecular complexity index is 614. The first kappa shape index (κ1) is 14.7. The number of Topliss-reactive ketones (excluding diaryl/α,β-unsaturated/α-hetero) is 1. The molecule has 104 valence electrons. The molecule has 5 heteroatoms. The molecule has 2 rings (SSSR count).